The molecule has 0 saturated carbocycles. The number of aromatic amines is 1. The lowest BCUT2D eigenvalue weighted by Crippen LogP contribution is -2.69. The molecule has 15 heteroatoms. The molecule has 3 aliphatic heterocycles. The van der Waals surface area contributed by atoms with Crippen LogP contribution in [0.25, 0.3) is 22.3 Å². The van der Waals surface area contributed by atoms with E-state index < -0.39 is 24.0 Å². The zero-order chi connectivity index (χ0) is 29.6. The molecule has 0 aliphatic carbocycles. The van der Waals surface area contributed by atoms with Gasteiger partial charge in [0.25, 0.3) is 0 Å². The van der Waals surface area contributed by atoms with Crippen molar-refractivity contribution in [3.63, 3.8) is 0 Å². The number of halogens is 3. The number of aliphatic imine (C=N–C) groups is 2. The third-order valence-corrected chi connectivity index (χ3v) is 8.74. The lowest BCUT2D eigenvalue weighted by Gasteiger charge is -2.54. The van der Waals surface area contributed by atoms with E-state index in [9.17, 15) is 18.0 Å². The first-order chi connectivity index (χ1) is 20.1. The van der Waals surface area contributed by atoms with E-state index in [4.69, 9.17) is 5.73 Å². The van der Waals surface area contributed by atoms with Gasteiger partial charge >= 0.3 is 6.18 Å². The third-order valence-electron chi connectivity index (χ3n) is 8.74. The Bertz CT molecular complexity index is 1510. The van der Waals surface area contributed by atoms with E-state index in [1.807, 2.05) is 23.1 Å². The van der Waals surface area contributed by atoms with E-state index >= 15 is 0 Å². The van der Waals surface area contributed by atoms with Gasteiger partial charge in [0.1, 0.15) is 23.6 Å². The van der Waals surface area contributed by atoms with Crippen molar-refractivity contribution in [2.75, 3.05) is 46.3 Å². The van der Waals surface area contributed by atoms with Gasteiger partial charge in [0.2, 0.25) is 11.7 Å². The molecular weight excluding hydrogens is 551 g/mol. The smallest absolute Gasteiger partial charge is 0.346 e. The lowest BCUT2D eigenvalue weighted by atomic mass is 9.86. The van der Waals surface area contributed by atoms with Gasteiger partial charge in [0.15, 0.2) is 0 Å². The minimum Gasteiger partial charge on any atom is -0.346 e. The number of hydrogen-bond acceptors (Lipinski definition) is 9. The first-order valence-corrected chi connectivity index (χ1v) is 14.1. The Morgan fingerprint density at radius 1 is 1.24 bits per heavy atom. The van der Waals surface area contributed by atoms with Crippen molar-refractivity contribution in [2.24, 2.45) is 21.6 Å². The molecule has 0 spiro atoms. The monoisotopic (exact) mass is 585 g/mol. The second kappa shape index (κ2) is 10.9. The molecule has 3 aliphatic rings. The lowest BCUT2D eigenvalue weighted by molar-refractivity contribution is -0.135. The average molecular weight is 586 g/mol. The number of amidine groups is 1. The summed E-state index contributed by atoms with van der Waals surface area (Å²) >= 11 is 0. The number of likely N-dealkylation sites (tertiary alicyclic amines) is 2. The van der Waals surface area contributed by atoms with E-state index in [0.717, 1.165) is 48.2 Å². The standard InChI is InChI=1S/C27H34F3N11O/c1-16-20(10-32-2)37-25(27(28,29)30)38-21(16)24(42)39-7-4-18(5-8-39)40-13-26(12-31,14-40)41-11-17(9-36-41)22-19-3-6-33-23(19)35-15-34-22/h3,6,9,11,15-16,18,21,32H,4-5,7-8,10,12-14,31H2,1-2H3,(H,33,34,35). The van der Waals surface area contributed by atoms with Gasteiger partial charge in [0.05, 0.1) is 11.9 Å². The van der Waals surface area contributed by atoms with E-state index in [2.05, 4.69) is 40.3 Å². The third kappa shape index (κ3) is 4.98. The number of fused-ring (bicyclic) bond motifs is 1. The maximum absolute atomic E-state index is 13.5. The number of hydrogen-bond donors (Lipinski definition) is 3. The molecule has 2 fully saturated rings. The quantitative estimate of drug-likeness (QED) is 0.380. The molecule has 0 bridgehead atoms. The van der Waals surface area contributed by atoms with Gasteiger partial charge in [-0.1, -0.05) is 6.92 Å². The van der Waals surface area contributed by atoms with E-state index in [0.29, 0.717) is 19.6 Å². The number of piperidine rings is 1. The molecule has 4 N–H and O–H groups in total. The molecule has 2 unspecified atom stereocenters. The Morgan fingerprint density at radius 3 is 2.69 bits per heavy atom. The number of nitrogens with zero attached hydrogens (tertiary/aromatic N) is 8. The van der Waals surface area contributed by atoms with Crippen LogP contribution in [0, 0.1) is 5.92 Å². The summed E-state index contributed by atoms with van der Waals surface area (Å²) in [5.74, 6) is -2.14. The Balaban J connectivity index is 1.09. The maximum atomic E-state index is 13.5. The molecule has 0 aromatic carbocycles. The number of H-pyrrole nitrogens is 1. The van der Waals surface area contributed by atoms with Gasteiger partial charge in [0, 0.05) is 80.3 Å². The van der Waals surface area contributed by atoms with Crippen molar-refractivity contribution in [3.05, 3.63) is 31.0 Å². The van der Waals surface area contributed by atoms with Crippen molar-refractivity contribution < 1.29 is 18.0 Å². The van der Waals surface area contributed by atoms with Crippen molar-refractivity contribution in [1.82, 2.24) is 39.8 Å². The molecule has 6 rings (SSSR count). The van der Waals surface area contributed by atoms with Gasteiger partial charge < -0.3 is 20.9 Å². The molecule has 2 saturated heterocycles. The Kier molecular flexibility index (Phi) is 7.35. The molecule has 42 heavy (non-hydrogen) atoms. The van der Waals surface area contributed by atoms with Gasteiger partial charge in [-0.3, -0.25) is 14.4 Å². The van der Waals surface area contributed by atoms with Crippen molar-refractivity contribution in [2.45, 2.75) is 43.6 Å². The van der Waals surface area contributed by atoms with Crippen LogP contribution in [0.2, 0.25) is 0 Å². The van der Waals surface area contributed by atoms with Crippen molar-refractivity contribution in [3.8, 4) is 11.3 Å². The summed E-state index contributed by atoms with van der Waals surface area (Å²) in [6.45, 7) is 4.64. The summed E-state index contributed by atoms with van der Waals surface area (Å²) in [7, 11) is 1.63. The van der Waals surface area contributed by atoms with Crippen LogP contribution in [0.15, 0.2) is 41.0 Å². The average Bonchev–Trinajstić information content (AvgIpc) is 3.64. The van der Waals surface area contributed by atoms with Crippen LogP contribution in [0.4, 0.5) is 13.2 Å². The summed E-state index contributed by atoms with van der Waals surface area (Å²) in [5.41, 5.74) is 8.65. The van der Waals surface area contributed by atoms with E-state index in [-0.39, 0.29) is 29.7 Å². The highest BCUT2D eigenvalue weighted by Crippen LogP contribution is 2.35. The van der Waals surface area contributed by atoms with E-state index in [1.54, 1.807) is 25.1 Å². The summed E-state index contributed by atoms with van der Waals surface area (Å²) in [6.07, 6.45) is 3.86. The fourth-order valence-corrected chi connectivity index (χ4v) is 6.26. The van der Waals surface area contributed by atoms with Crippen LogP contribution in [0.1, 0.15) is 19.8 Å². The number of carbonyl (C=O) groups is 1. The highest BCUT2D eigenvalue weighted by Gasteiger charge is 2.48. The number of carbonyl (C=O) groups excluding carboxylic acids is 1. The second-order valence-corrected chi connectivity index (χ2v) is 11.3. The fourth-order valence-electron chi connectivity index (χ4n) is 6.26. The summed E-state index contributed by atoms with van der Waals surface area (Å²) in [4.78, 5) is 36.7. The zero-order valence-corrected chi connectivity index (χ0v) is 23.5. The number of rotatable bonds is 7. The van der Waals surface area contributed by atoms with Crippen LogP contribution in [0.3, 0.4) is 0 Å². The second-order valence-electron chi connectivity index (χ2n) is 11.3. The predicted molar refractivity (Wildman–Crippen MR) is 151 cm³/mol. The van der Waals surface area contributed by atoms with Crippen LogP contribution in [-0.4, -0.2) is 117 Å². The van der Waals surface area contributed by atoms with Gasteiger partial charge in [-0.15, -0.1) is 0 Å². The molecule has 6 heterocycles. The fraction of sp³-hybridized carbons (Fsp3) is 0.556. The number of amides is 1. The number of nitrogens with one attached hydrogen (secondary N) is 2. The summed E-state index contributed by atoms with van der Waals surface area (Å²) < 4.78 is 42.4. The van der Waals surface area contributed by atoms with Gasteiger partial charge in [-0.2, -0.15) is 18.3 Å². The number of aromatic nitrogens is 5. The topological polar surface area (TPSA) is 146 Å². The number of alkyl halides is 3. The minimum absolute atomic E-state index is 0.160. The first kappa shape index (κ1) is 28.4. The van der Waals surface area contributed by atoms with Crippen LogP contribution >= 0.6 is 0 Å². The van der Waals surface area contributed by atoms with E-state index in [1.165, 1.54) is 6.33 Å². The first-order valence-electron chi connectivity index (χ1n) is 14.1. The van der Waals surface area contributed by atoms with Crippen LogP contribution in [-0.2, 0) is 10.3 Å². The van der Waals surface area contributed by atoms with Crippen LogP contribution in [0.5, 0.6) is 0 Å². The summed E-state index contributed by atoms with van der Waals surface area (Å²) in [6, 6.07) is 1.04. The highest BCUT2D eigenvalue weighted by molar-refractivity contribution is 6.07. The largest absolute Gasteiger partial charge is 0.451 e. The molecule has 224 valence electrons. The highest BCUT2D eigenvalue weighted by atomic mass is 19.4. The molecule has 0 radical (unpaired) electrons. The normalized spacial score (nSPS) is 23.5. The Morgan fingerprint density at radius 2 is 2.00 bits per heavy atom. The zero-order valence-electron chi connectivity index (χ0n) is 23.5. The Hall–Kier alpha value is -3.69. The Labute approximate surface area is 240 Å². The maximum Gasteiger partial charge on any atom is 0.451 e. The van der Waals surface area contributed by atoms with Crippen molar-refractivity contribution >= 4 is 28.5 Å². The van der Waals surface area contributed by atoms with Gasteiger partial charge in [-0.25, -0.2) is 20.0 Å². The SMILES string of the molecule is CNCC1=NC(C(F)(F)F)=NC(C(=O)N2CCC(N3CC(CN)(n4cc(-c5ncnc6[nH]ccc56)cn4)C3)CC2)C1C. The molecule has 1 amide bonds. The molecule has 2 atom stereocenters. The van der Waals surface area contributed by atoms with Crippen molar-refractivity contribution in [1.29, 1.82) is 0 Å². The molecule has 3 aromatic rings. The molecule has 3 aromatic heterocycles. The number of nitrogens with two attached hydrogens (primary N) is 1. The molecule has 12 nitrogen and oxygen atoms in total. The minimum atomic E-state index is -4.71. The predicted octanol–water partition coefficient (Wildman–Crippen LogP) is 1.42. The van der Waals surface area contributed by atoms with Gasteiger partial charge in [-0.05, 0) is 26.0 Å². The van der Waals surface area contributed by atoms with Crippen LogP contribution < -0.4 is 11.1 Å². The molecular formula is C27H34F3N11O. The summed E-state index contributed by atoms with van der Waals surface area (Å²) in [5, 5.41) is 8.41.